The Hall–Kier alpha value is -0.650. The molecule has 0 spiro atoms. The first kappa shape index (κ1) is 64.3. The second-order valence-corrected chi connectivity index (χ2v) is 21.3. The van der Waals surface area contributed by atoms with E-state index in [-0.39, 0.29) is 18.9 Å². The number of hydrogen-bond donors (Lipinski definition) is 4. The first-order valence-electron chi connectivity index (χ1n) is 30.3. The van der Waals surface area contributed by atoms with Crippen molar-refractivity contribution in [2.45, 2.75) is 372 Å². The SMILES string of the molecule is CCCCCCCCCCCCCCCCCCCCCCCCCCCCCCCCCCCCCCCC(O)CC(=O)NC(CO)C(O)CCCCCCCCCCCCCCC. The number of carbonyl (C=O) groups is 1. The van der Waals surface area contributed by atoms with Crippen molar-refractivity contribution >= 4 is 5.91 Å². The van der Waals surface area contributed by atoms with E-state index in [1.54, 1.807) is 0 Å². The number of rotatable bonds is 57. The molecule has 0 saturated carbocycles. The molecule has 0 saturated heterocycles. The molecule has 1 amide bonds. The van der Waals surface area contributed by atoms with Gasteiger partial charge in [-0.1, -0.05) is 335 Å². The van der Waals surface area contributed by atoms with E-state index in [0.717, 1.165) is 25.7 Å². The minimum absolute atomic E-state index is 0.0433. The summed E-state index contributed by atoms with van der Waals surface area (Å²) in [6, 6.07) is -0.653. The molecular formula is C60H121NO4. The summed E-state index contributed by atoms with van der Waals surface area (Å²) >= 11 is 0. The lowest BCUT2D eigenvalue weighted by molar-refractivity contribution is -0.125. The zero-order valence-electron chi connectivity index (χ0n) is 44.7. The first-order valence-corrected chi connectivity index (χ1v) is 30.3. The van der Waals surface area contributed by atoms with Crippen LogP contribution in [0.25, 0.3) is 0 Å². The lowest BCUT2D eigenvalue weighted by Gasteiger charge is -2.23. The Labute approximate surface area is 408 Å². The fourth-order valence-corrected chi connectivity index (χ4v) is 10.1. The maximum atomic E-state index is 12.5. The number of unbranched alkanes of at least 4 members (excludes halogenated alkanes) is 48. The van der Waals surface area contributed by atoms with Crippen molar-refractivity contribution in [2.75, 3.05) is 6.61 Å². The topological polar surface area (TPSA) is 89.8 Å². The molecule has 0 heterocycles. The van der Waals surface area contributed by atoms with Crippen LogP contribution in [-0.4, -0.2) is 46.1 Å². The van der Waals surface area contributed by atoms with Crippen molar-refractivity contribution in [3.05, 3.63) is 0 Å². The van der Waals surface area contributed by atoms with Crippen LogP contribution < -0.4 is 5.32 Å². The normalized spacial score (nSPS) is 13.1. The van der Waals surface area contributed by atoms with Crippen LogP contribution in [0.5, 0.6) is 0 Å². The van der Waals surface area contributed by atoms with Gasteiger partial charge in [-0.05, 0) is 12.8 Å². The molecule has 4 N–H and O–H groups in total. The number of carbonyl (C=O) groups excluding carboxylic acids is 1. The van der Waals surface area contributed by atoms with Gasteiger partial charge in [-0.25, -0.2) is 0 Å². The van der Waals surface area contributed by atoms with E-state index in [0.29, 0.717) is 12.8 Å². The van der Waals surface area contributed by atoms with E-state index >= 15 is 0 Å². The molecule has 0 radical (unpaired) electrons. The van der Waals surface area contributed by atoms with Gasteiger partial charge in [0.1, 0.15) is 0 Å². The first-order chi connectivity index (χ1) is 32.0. The Balaban J connectivity index is 3.37. The molecule has 3 unspecified atom stereocenters. The number of amides is 1. The smallest absolute Gasteiger partial charge is 0.222 e. The van der Waals surface area contributed by atoms with Crippen molar-refractivity contribution in [1.82, 2.24) is 5.32 Å². The van der Waals surface area contributed by atoms with Crippen molar-refractivity contribution in [1.29, 1.82) is 0 Å². The van der Waals surface area contributed by atoms with Crippen LogP contribution in [0.4, 0.5) is 0 Å². The van der Waals surface area contributed by atoms with E-state index in [9.17, 15) is 20.1 Å². The van der Waals surface area contributed by atoms with Crippen molar-refractivity contribution in [2.24, 2.45) is 0 Å². The second kappa shape index (κ2) is 55.9. The van der Waals surface area contributed by atoms with Crippen LogP contribution in [0.2, 0.25) is 0 Å². The van der Waals surface area contributed by atoms with Gasteiger partial charge in [0.15, 0.2) is 0 Å². The van der Waals surface area contributed by atoms with Gasteiger partial charge >= 0.3 is 0 Å². The fraction of sp³-hybridized carbons (Fsp3) is 0.983. The number of aliphatic hydroxyl groups excluding tert-OH is 3. The molecule has 0 aromatic carbocycles. The number of aliphatic hydroxyl groups is 3. The molecule has 0 aromatic heterocycles. The Bertz CT molecular complexity index is 883. The summed E-state index contributed by atoms with van der Waals surface area (Å²) < 4.78 is 0. The zero-order valence-corrected chi connectivity index (χ0v) is 44.7. The standard InChI is InChI=1S/C60H121NO4/c1-3-5-7-9-11-13-15-17-18-19-20-21-22-23-24-25-26-27-28-29-30-31-32-33-34-35-36-37-38-39-40-42-43-45-47-49-51-53-57(63)55-60(65)61-58(56-62)59(64)54-52-50-48-46-44-41-16-14-12-10-8-6-4-2/h57-59,62-64H,3-56H2,1-2H3,(H,61,65). The van der Waals surface area contributed by atoms with E-state index in [4.69, 9.17) is 0 Å². The molecule has 390 valence electrons. The maximum Gasteiger partial charge on any atom is 0.222 e. The summed E-state index contributed by atoms with van der Waals surface area (Å²) in [5, 5.41) is 33.6. The summed E-state index contributed by atoms with van der Waals surface area (Å²) in [7, 11) is 0. The molecule has 0 fully saturated rings. The number of hydrogen-bond acceptors (Lipinski definition) is 4. The average Bonchev–Trinajstić information content (AvgIpc) is 3.30. The van der Waals surface area contributed by atoms with Gasteiger partial charge in [-0.3, -0.25) is 4.79 Å². The van der Waals surface area contributed by atoms with Crippen LogP contribution in [-0.2, 0) is 4.79 Å². The molecule has 0 rings (SSSR count). The highest BCUT2D eigenvalue weighted by Gasteiger charge is 2.21. The van der Waals surface area contributed by atoms with Crippen LogP contribution in [0.3, 0.4) is 0 Å². The third-order valence-electron chi connectivity index (χ3n) is 14.7. The van der Waals surface area contributed by atoms with Crippen molar-refractivity contribution in [3.8, 4) is 0 Å². The quantitative estimate of drug-likeness (QED) is 0.0458. The summed E-state index contributed by atoms with van der Waals surface area (Å²) in [5.41, 5.74) is 0. The van der Waals surface area contributed by atoms with E-state index < -0.39 is 18.2 Å². The predicted molar refractivity (Wildman–Crippen MR) is 287 cm³/mol. The molecule has 0 aliphatic heterocycles. The summed E-state index contributed by atoms with van der Waals surface area (Å²) in [6.07, 6.45) is 68.7. The van der Waals surface area contributed by atoms with Gasteiger partial charge in [-0.15, -0.1) is 0 Å². The van der Waals surface area contributed by atoms with Crippen molar-refractivity contribution < 1.29 is 20.1 Å². The van der Waals surface area contributed by atoms with Gasteiger partial charge in [0, 0.05) is 0 Å². The Morgan fingerprint density at radius 3 is 0.738 bits per heavy atom. The molecule has 0 aliphatic carbocycles. The number of nitrogens with one attached hydrogen (secondary N) is 1. The summed E-state index contributed by atoms with van der Waals surface area (Å²) in [6.45, 7) is 4.30. The van der Waals surface area contributed by atoms with Crippen molar-refractivity contribution in [3.63, 3.8) is 0 Å². The minimum atomic E-state index is -0.744. The Morgan fingerprint density at radius 1 is 0.323 bits per heavy atom. The second-order valence-electron chi connectivity index (χ2n) is 21.3. The van der Waals surface area contributed by atoms with E-state index in [2.05, 4.69) is 19.2 Å². The minimum Gasteiger partial charge on any atom is -0.394 e. The molecule has 5 heteroatoms. The van der Waals surface area contributed by atoms with E-state index in [1.807, 2.05) is 0 Å². The average molecular weight is 921 g/mol. The third-order valence-corrected chi connectivity index (χ3v) is 14.7. The van der Waals surface area contributed by atoms with Crippen LogP contribution in [0.1, 0.15) is 354 Å². The lowest BCUT2D eigenvalue weighted by Crippen LogP contribution is -2.46. The molecule has 0 aliphatic rings. The fourth-order valence-electron chi connectivity index (χ4n) is 10.1. The maximum absolute atomic E-state index is 12.5. The van der Waals surface area contributed by atoms with E-state index in [1.165, 1.54) is 295 Å². The van der Waals surface area contributed by atoms with Crippen LogP contribution in [0.15, 0.2) is 0 Å². The molecule has 0 aromatic rings. The van der Waals surface area contributed by atoms with Gasteiger partial charge in [0.25, 0.3) is 0 Å². The van der Waals surface area contributed by atoms with Crippen LogP contribution in [0, 0.1) is 0 Å². The van der Waals surface area contributed by atoms with Gasteiger partial charge < -0.3 is 20.6 Å². The summed E-state index contributed by atoms with van der Waals surface area (Å²) in [4.78, 5) is 12.5. The highest BCUT2D eigenvalue weighted by molar-refractivity contribution is 5.76. The molecule has 5 nitrogen and oxygen atoms in total. The molecular weight excluding hydrogens is 799 g/mol. The third kappa shape index (κ3) is 52.6. The van der Waals surface area contributed by atoms with Gasteiger partial charge in [-0.2, -0.15) is 0 Å². The summed E-state index contributed by atoms with van der Waals surface area (Å²) in [5.74, 6) is -0.275. The van der Waals surface area contributed by atoms with Gasteiger partial charge in [0.05, 0.1) is 31.3 Å². The highest BCUT2D eigenvalue weighted by atomic mass is 16.3. The van der Waals surface area contributed by atoms with Crippen LogP contribution >= 0.6 is 0 Å². The predicted octanol–water partition coefficient (Wildman–Crippen LogP) is 18.9. The Kier molecular flexibility index (Phi) is 55.4. The molecule has 65 heavy (non-hydrogen) atoms. The molecule has 0 bridgehead atoms. The van der Waals surface area contributed by atoms with Gasteiger partial charge in [0.2, 0.25) is 5.91 Å². The largest absolute Gasteiger partial charge is 0.394 e. The highest BCUT2D eigenvalue weighted by Crippen LogP contribution is 2.19. The zero-order chi connectivity index (χ0) is 47.2. The Morgan fingerprint density at radius 2 is 0.523 bits per heavy atom. The lowest BCUT2D eigenvalue weighted by atomic mass is 10.0. The monoisotopic (exact) mass is 920 g/mol. The molecule has 3 atom stereocenters.